The van der Waals surface area contributed by atoms with Crippen molar-refractivity contribution in [3.63, 3.8) is 0 Å². The van der Waals surface area contributed by atoms with Gasteiger partial charge in [-0.2, -0.15) is 0 Å². The van der Waals surface area contributed by atoms with E-state index in [1.54, 1.807) is 7.11 Å². The van der Waals surface area contributed by atoms with Gasteiger partial charge in [0.25, 0.3) is 0 Å². The number of amides is 1. The number of hydrogen-bond donors (Lipinski definition) is 1. The molecule has 0 aromatic heterocycles. The Balaban J connectivity index is 4.23. The molecule has 0 aromatic carbocycles. The molecule has 0 radical (unpaired) electrons. The second-order valence-electron chi connectivity index (χ2n) is 2.97. The van der Waals surface area contributed by atoms with Gasteiger partial charge in [-0.3, -0.25) is 9.59 Å². The summed E-state index contributed by atoms with van der Waals surface area (Å²) in [6.45, 7) is 4.55. The van der Waals surface area contributed by atoms with Crippen LogP contribution in [0.25, 0.3) is 0 Å². The van der Waals surface area contributed by atoms with Crippen LogP contribution in [0, 0.1) is 5.92 Å². The van der Waals surface area contributed by atoms with Crippen LogP contribution in [-0.2, 0) is 14.3 Å². The fourth-order valence-corrected chi connectivity index (χ4v) is 1.01. The Morgan fingerprint density at radius 2 is 2.07 bits per heavy atom. The molecule has 82 valence electrons. The molecule has 0 heterocycles. The Morgan fingerprint density at radius 3 is 2.43 bits per heavy atom. The normalized spacial score (nSPS) is 12.2. The summed E-state index contributed by atoms with van der Waals surface area (Å²) in [5.74, 6) is -2.44. The summed E-state index contributed by atoms with van der Waals surface area (Å²) >= 11 is 0. The van der Waals surface area contributed by atoms with Crippen LogP contribution in [-0.4, -0.2) is 48.7 Å². The SMILES string of the molecule is CCN(CCOC)C(=O)C(C)C(=O)O. The molecule has 0 aliphatic carbocycles. The maximum Gasteiger partial charge on any atom is 0.315 e. The number of hydrogen-bond acceptors (Lipinski definition) is 3. The average Bonchev–Trinajstić information content (AvgIpc) is 2.17. The molecule has 5 nitrogen and oxygen atoms in total. The quantitative estimate of drug-likeness (QED) is 0.626. The van der Waals surface area contributed by atoms with Crippen LogP contribution in [0.3, 0.4) is 0 Å². The maximum absolute atomic E-state index is 11.5. The molecular formula is C9H17NO4. The molecule has 0 aromatic rings. The monoisotopic (exact) mass is 203 g/mol. The fourth-order valence-electron chi connectivity index (χ4n) is 1.01. The van der Waals surface area contributed by atoms with Gasteiger partial charge in [-0.05, 0) is 13.8 Å². The van der Waals surface area contributed by atoms with Crippen molar-refractivity contribution >= 4 is 11.9 Å². The van der Waals surface area contributed by atoms with Crippen LogP contribution in [0.1, 0.15) is 13.8 Å². The summed E-state index contributed by atoms with van der Waals surface area (Å²) in [5.41, 5.74) is 0. The Bertz CT molecular complexity index is 205. The van der Waals surface area contributed by atoms with E-state index in [-0.39, 0.29) is 5.91 Å². The first-order chi connectivity index (χ1) is 6.54. The van der Waals surface area contributed by atoms with E-state index in [0.29, 0.717) is 19.7 Å². The zero-order valence-corrected chi connectivity index (χ0v) is 8.82. The third-order valence-corrected chi connectivity index (χ3v) is 2.00. The van der Waals surface area contributed by atoms with Crippen LogP contribution in [0.15, 0.2) is 0 Å². The molecule has 1 N–H and O–H groups in total. The number of methoxy groups -OCH3 is 1. The highest BCUT2D eigenvalue weighted by Gasteiger charge is 2.24. The summed E-state index contributed by atoms with van der Waals surface area (Å²) in [7, 11) is 1.54. The Hall–Kier alpha value is -1.10. The minimum absolute atomic E-state index is 0.364. The molecule has 0 saturated carbocycles. The van der Waals surface area contributed by atoms with Gasteiger partial charge in [0.05, 0.1) is 6.61 Å². The highest BCUT2D eigenvalue weighted by molar-refractivity contribution is 5.96. The van der Waals surface area contributed by atoms with Gasteiger partial charge in [0, 0.05) is 20.2 Å². The van der Waals surface area contributed by atoms with E-state index < -0.39 is 11.9 Å². The lowest BCUT2D eigenvalue weighted by Gasteiger charge is -2.22. The molecule has 1 unspecified atom stereocenters. The van der Waals surface area contributed by atoms with Gasteiger partial charge in [-0.15, -0.1) is 0 Å². The minimum Gasteiger partial charge on any atom is -0.481 e. The molecule has 0 bridgehead atoms. The number of carbonyl (C=O) groups excluding carboxylic acids is 1. The number of rotatable bonds is 6. The summed E-state index contributed by atoms with van der Waals surface area (Å²) in [4.78, 5) is 23.5. The van der Waals surface area contributed by atoms with E-state index in [0.717, 1.165) is 0 Å². The average molecular weight is 203 g/mol. The second-order valence-corrected chi connectivity index (χ2v) is 2.97. The van der Waals surface area contributed by atoms with Gasteiger partial charge in [-0.25, -0.2) is 0 Å². The number of carboxylic acids is 1. The van der Waals surface area contributed by atoms with Crippen LogP contribution in [0.4, 0.5) is 0 Å². The molecule has 5 heteroatoms. The molecule has 1 amide bonds. The van der Waals surface area contributed by atoms with E-state index >= 15 is 0 Å². The number of ether oxygens (including phenoxy) is 1. The van der Waals surface area contributed by atoms with Crippen molar-refractivity contribution in [3.8, 4) is 0 Å². The summed E-state index contributed by atoms with van der Waals surface area (Å²) in [5, 5.41) is 8.64. The predicted octanol–water partition coefficient (Wildman–Crippen LogP) is 0.202. The molecule has 0 saturated heterocycles. The molecule has 0 aliphatic heterocycles. The molecule has 14 heavy (non-hydrogen) atoms. The van der Waals surface area contributed by atoms with Crippen LogP contribution in [0.5, 0.6) is 0 Å². The van der Waals surface area contributed by atoms with Crippen molar-refractivity contribution in [1.82, 2.24) is 4.90 Å². The molecule has 0 aliphatic rings. The van der Waals surface area contributed by atoms with Crippen molar-refractivity contribution in [1.29, 1.82) is 0 Å². The van der Waals surface area contributed by atoms with Crippen molar-refractivity contribution in [2.45, 2.75) is 13.8 Å². The Kier molecular flexibility index (Phi) is 5.87. The van der Waals surface area contributed by atoms with Crippen molar-refractivity contribution in [3.05, 3.63) is 0 Å². The first-order valence-electron chi connectivity index (χ1n) is 4.55. The van der Waals surface area contributed by atoms with Gasteiger partial charge >= 0.3 is 5.97 Å². The van der Waals surface area contributed by atoms with Crippen LogP contribution >= 0.6 is 0 Å². The smallest absolute Gasteiger partial charge is 0.315 e. The topological polar surface area (TPSA) is 66.8 Å². The van der Waals surface area contributed by atoms with Crippen molar-refractivity contribution < 1.29 is 19.4 Å². The van der Waals surface area contributed by atoms with Crippen molar-refractivity contribution in [2.24, 2.45) is 5.92 Å². The molecule has 0 rings (SSSR count). The molecule has 0 spiro atoms. The minimum atomic E-state index is -1.09. The molecule has 0 fully saturated rings. The lowest BCUT2D eigenvalue weighted by molar-refractivity contribution is -0.150. The third-order valence-electron chi connectivity index (χ3n) is 2.00. The standard InChI is InChI=1S/C9H17NO4/c1-4-10(5-6-14-3)8(11)7(2)9(12)13/h7H,4-6H2,1-3H3,(H,12,13). The van der Waals surface area contributed by atoms with E-state index in [9.17, 15) is 9.59 Å². The van der Waals surface area contributed by atoms with Crippen LogP contribution < -0.4 is 0 Å². The van der Waals surface area contributed by atoms with Gasteiger partial charge < -0.3 is 14.7 Å². The van der Waals surface area contributed by atoms with Gasteiger partial charge in [0.1, 0.15) is 5.92 Å². The number of nitrogens with zero attached hydrogens (tertiary/aromatic N) is 1. The van der Waals surface area contributed by atoms with E-state index in [1.165, 1.54) is 11.8 Å². The summed E-state index contributed by atoms with van der Waals surface area (Å²) < 4.78 is 4.82. The summed E-state index contributed by atoms with van der Waals surface area (Å²) in [6, 6.07) is 0. The van der Waals surface area contributed by atoms with E-state index in [4.69, 9.17) is 9.84 Å². The lowest BCUT2D eigenvalue weighted by Crippen LogP contribution is -2.39. The van der Waals surface area contributed by atoms with Crippen LogP contribution in [0.2, 0.25) is 0 Å². The molecular weight excluding hydrogens is 186 g/mol. The Labute approximate surface area is 83.6 Å². The highest BCUT2D eigenvalue weighted by atomic mass is 16.5. The number of aliphatic carboxylic acids is 1. The van der Waals surface area contributed by atoms with Gasteiger partial charge in [0.15, 0.2) is 0 Å². The van der Waals surface area contributed by atoms with Crippen molar-refractivity contribution in [2.75, 3.05) is 26.8 Å². The zero-order valence-electron chi connectivity index (χ0n) is 8.82. The number of carboxylic acid groups (broad SMARTS) is 1. The van der Waals surface area contributed by atoms with Gasteiger partial charge in [0.2, 0.25) is 5.91 Å². The first-order valence-corrected chi connectivity index (χ1v) is 4.55. The third kappa shape index (κ3) is 3.74. The maximum atomic E-state index is 11.5. The lowest BCUT2D eigenvalue weighted by atomic mass is 10.1. The molecule has 1 atom stereocenters. The highest BCUT2D eigenvalue weighted by Crippen LogP contribution is 2.02. The largest absolute Gasteiger partial charge is 0.481 e. The van der Waals surface area contributed by atoms with Gasteiger partial charge in [-0.1, -0.05) is 0 Å². The summed E-state index contributed by atoms with van der Waals surface area (Å²) in [6.07, 6.45) is 0. The number of carbonyl (C=O) groups is 2. The fraction of sp³-hybridized carbons (Fsp3) is 0.778. The predicted molar refractivity (Wildman–Crippen MR) is 50.9 cm³/mol. The number of likely N-dealkylation sites (N-methyl/N-ethyl adjacent to an activating group) is 1. The Morgan fingerprint density at radius 1 is 1.50 bits per heavy atom. The van der Waals surface area contributed by atoms with E-state index in [1.807, 2.05) is 6.92 Å². The van der Waals surface area contributed by atoms with E-state index in [2.05, 4.69) is 0 Å². The first kappa shape index (κ1) is 12.9. The second kappa shape index (κ2) is 6.37. The zero-order chi connectivity index (χ0) is 11.1.